The van der Waals surface area contributed by atoms with Crippen LogP contribution in [0.5, 0.6) is 0 Å². The number of para-hydroxylation sites is 1. The second-order valence-electron chi connectivity index (χ2n) is 5.36. The molecule has 1 unspecified atom stereocenters. The molecule has 0 radical (unpaired) electrons. The Hall–Kier alpha value is -1.68. The number of amides is 1. The third-order valence-corrected chi connectivity index (χ3v) is 4.31. The van der Waals surface area contributed by atoms with E-state index in [0.717, 1.165) is 37.7 Å². The standard InChI is InChI=1S/C16H18ClN3O/c17-8-2-4-12-5-3-11-20(12)16(21)13-6-1-7-14-15(13)19-10-9-18-14/h1,6-7,9-10,12H,2-5,8,11H2. The van der Waals surface area contributed by atoms with Crippen LogP contribution < -0.4 is 0 Å². The van der Waals surface area contributed by atoms with Gasteiger partial charge in [0, 0.05) is 30.9 Å². The number of carbonyl (C=O) groups excluding carboxylic acids is 1. The summed E-state index contributed by atoms with van der Waals surface area (Å²) in [6.45, 7) is 0.822. The van der Waals surface area contributed by atoms with E-state index >= 15 is 0 Å². The van der Waals surface area contributed by atoms with E-state index in [2.05, 4.69) is 9.97 Å². The number of aromatic nitrogens is 2. The van der Waals surface area contributed by atoms with Crippen molar-refractivity contribution in [2.75, 3.05) is 12.4 Å². The highest BCUT2D eigenvalue weighted by Gasteiger charge is 2.29. The van der Waals surface area contributed by atoms with Gasteiger partial charge < -0.3 is 4.90 Å². The molecule has 1 saturated heterocycles. The van der Waals surface area contributed by atoms with Crippen molar-refractivity contribution >= 4 is 28.5 Å². The zero-order chi connectivity index (χ0) is 14.7. The first kappa shape index (κ1) is 14.3. The first-order valence-electron chi connectivity index (χ1n) is 7.38. The molecule has 0 bridgehead atoms. The quantitative estimate of drug-likeness (QED) is 0.815. The topological polar surface area (TPSA) is 46.1 Å². The van der Waals surface area contributed by atoms with Gasteiger partial charge in [-0.05, 0) is 37.8 Å². The van der Waals surface area contributed by atoms with Gasteiger partial charge in [-0.25, -0.2) is 0 Å². The van der Waals surface area contributed by atoms with Crippen LogP contribution in [-0.2, 0) is 0 Å². The molecule has 3 rings (SSSR count). The largest absolute Gasteiger partial charge is 0.336 e. The van der Waals surface area contributed by atoms with Crippen LogP contribution in [-0.4, -0.2) is 39.2 Å². The van der Waals surface area contributed by atoms with E-state index in [0.29, 0.717) is 23.0 Å². The van der Waals surface area contributed by atoms with Crippen LogP contribution in [0.2, 0.25) is 0 Å². The van der Waals surface area contributed by atoms with E-state index in [4.69, 9.17) is 11.6 Å². The number of alkyl halides is 1. The number of fused-ring (bicyclic) bond motifs is 1. The summed E-state index contributed by atoms with van der Waals surface area (Å²) in [6.07, 6.45) is 7.34. The third kappa shape index (κ3) is 2.86. The van der Waals surface area contributed by atoms with E-state index in [1.807, 2.05) is 23.1 Å². The fourth-order valence-corrected chi connectivity index (χ4v) is 3.19. The Labute approximate surface area is 129 Å². The van der Waals surface area contributed by atoms with Gasteiger partial charge in [0.2, 0.25) is 0 Å². The lowest BCUT2D eigenvalue weighted by molar-refractivity contribution is 0.0732. The molecule has 2 aromatic rings. The van der Waals surface area contributed by atoms with Crippen molar-refractivity contribution in [2.45, 2.75) is 31.7 Å². The van der Waals surface area contributed by atoms with Crippen molar-refractivity contribution in [2.24, 2.45) is 0 Å². The Morgan fingerprint density at radius 3 is 3.05 bits per heavy atom. The highest BCUT2D eigenvalue weighted by Crippen LogP contribution is 2.25. The van der Waals surface area contributed by atoms with Gasteiger partial charge in [0.15, 0.2) is 0 Å². The van der Waals surface area contributed by atoms with E-state index < -0.39 is 0 Å². The highest BCUT2D eigenvalue weighted by atomic mass is 35.5. The third-order valence-electron chi connectivity index (χ3n) is 4.04. The second kappa shape index (κ2) is 6.39. The number of rotatable bonds is 4. The van der Waals surface area contributed by atoms with Crippen molar-refractivity contribution in [3.63, 3.8) is 0 Å². The lowest BCUT2D eigenvalue weighted by Gasteiger charge is -2.25. The average molecular weight is 304 g/mol. The molecule has 1 atom stereocenters. The number of benzene rings is 1. The first-order chi connectivity index (χ1) is 10.3. The van der Waals surface area contributed by atoms with Crippen molar-refractivity contribution in [3.8, 4) is 0 Å². The zero-order valence-electron chi connectivity index (χ0n) is 11.8. The van der Waals surface area contributed by atoms with E-state index in [9.17, 15) is 4.79 Å². The maximum absolute atomic E-state index is 12.9. The second-order valence-corrected chi connectivity index (χ2v) is 5.73. The van der Waals surface area contributed by atoms with Crippen LogP contribution in [0.4, 0.5) is 0 Å². The van der Waals surface area contributed by atoms with Crippen LogP contribution >= 0.6 is 11.6 Å². The molecule has 21 heavy (non-hydrogen) atoms. The molecule has 4 nitrogen and oxygen atoms in total. The normalized spacial score (nSPS) is 18.3. The Morgan fingerprint density at radius 1 is 1.33 bits per heavy atom. The summed E-state index contributed by atoms with van der Waals surface area (Å²) in [6, 6.07) is 5.90. The minimum absolute atomic E-state index is 0.0678. The SMILES string of the molecule is O=C(c1cccc2nccnc12)N1CCCC1CCCCl. The Bertz CT molecular complexity index is 641. The highest BCUT2D eigenvalue weighted by molar-refractivity contribution is 6.17. The van der Waals surface area contributed by atoms with Crippen molar-refractivity contribution < 1.29 is 4.79 Å². The Morgan fingerprint density at radius 2 is 2.19 bits per heavy atom. The van der Waals surface area contributed by atoms with E-state index in [1.165, 1.54) is 0 Å². The number of likely N-dealkylation sites (tertiary alicyclic amines) is 1. The number of hydrogen-bond acceptors (Lipinski definition) is 3. The van der Waals surface area contributed by atoms with Gasteiger partial charge >= 0.3 is 0 Å². The van der Waals surface area contributed by atoms with Gasteiger partial charge in [-0.2, -0.15) is 0 Å². The molecule has 1 aliphatic rings. The molecule has 0 aliphatic carbocycles. The van der Waals surface area contributed by atoms with E-state index in [1.54, 1.807) is 12.4 Å². The smallest absolute Gasteiger partial charge is 0.256 e. The zero-order valence-corrected chi connectivity index (χ0v) is 12.6. The summed E-state index contributed by atoms with van der Waals surface area (Å²) in [5.74, 6) is 0.719. The number of hydrogen-bond donors (Lipinski definition) is 0. The van der Waals surface area contributed by atoms with Crippen LogP contribution in [0.3, 0.4) is 0 Å². The predicted molar refractivity (Wildman–Crippen MR) is 83.6 cm³/mol. The molecule has 1 aromatic carbocycles. The van der Waals surface area contributed by atoms with Crippen LogP contribution in [0, 0.1) is 0 Å². The summed E-state index contributed by atoms with van der Waals surface area (Å²) in [4.78, 5) is 23.4. The minimum Gasteiger partial charge on any atom is -0.336 e. The Balaban J connectivity index is 1.89. The van der Waals surface area contributed by atoms with Crippen LogP contribution in [0.25, 0.3) is 11.0 Å². The van der Waals surface area contributed by atoms with Gasteiger partial charge in [0.1, 0.15) is 5.52 Å². The predicted octanol–water partition coefficient (Wildman–Crippen LogP) is 3.25. The molecule has 1 amide bonds. The van der Waals surface area contributed by atoms with Gasteiger partial charge in [0.25, 0.3) is 5.91 Å². The molecule has 0 N–H and O–H groups in total. The van der Waals surface area contributed by atoms with Crippen molar-refractivity contribution in [1.29, 1.82) is 0 Å². The number of nitrogens with zero attached hydrogens (tertiary/aromatic N) is 3. The summed E-state index contributed by atoms with van der Waals surface area (Å²) < 4.78 is 0. The van der Waals surface area contributed by atoms with Crippen LogP contribution in [0.1, 0.15) is 36.0 Å². The molecule has 110 valence electrons. The van der Waals surface area contributed by atoms with Gasteiger partial charge in [-0.15, -0.1) is 11.6 Å². The molecule has 0 spiro atoms. The molecular formula is C16H18ClN3O. The molecular weight excluding hydrogens is 286 g/mol. The van der Waals surface area contributed by atoms with Crippen molar-refractivity contribution in [3.05, 3.63) is 36.2 Å². The minimum atomic E-state index is 0.0678. The summed E-state index contributed by atoms with van der Waals surface area (Å²) in [7, 11) is 0. The maximum atomic E-state index is 12.9. The summed E-state index contributed by atoms with van der Waals surface area (Å²) >= 11 is 5.78. The maximum Gasteiger partial charge on any atom is 0.256 e. The van der Waals surface area contributed by atoms with Gasteiger partial charge in [-0.1, -0.05) is 6.07 Å². The van der Waals surface area contributed by atoms with E-state index in [-0.39, 0.29) is 5.91 Å². The lowest BCUT2D eigenvalue weighted by atomic mass is 10.1. The molecule has 5 heteroatoms. The van der Waals surface area contributed by atoms with Crippen molar-refractivity contribution in [1.82, 2.24) is 14.9 Å². The molecule has 2 heterocycles. The lowest BCUT2D eigenvalue weighted by Crippen LogP contribution is -2.35. The average Bonchev–Trinajstić information content (AvgIpc) is 3.00. The fraction of sp³-hybridized carbons (Fsp3) is 0.438. The summed E-state index contributed by atoms with van der Waals surface area (Å²) in [5.41, 5.74) is 2.10. The van der Waals surface area contributed by atoms with Gasteiger partial charge in [-0.3, -0.25) is 14.8 Å². The fourth-order valence-electron chi connectivity index (χ4n) is 3.04. The van der Waals surface area contributed by atoms with Gasteiger partial charge in [0.05, 0.1) is 11.1 Å². The summed E-state index contributed by atoms with van der Waals surface area (Å²) in [5, 5.41) is 0. The first-order valence-corrected chi connectivity index (χ1v) is 7.91. The number of halogens is 1. The Kier molecular flexibility index (Phi) is 4.34. The molecule has 1 aliphatic heterocycles. The molecule has 1 fully saturated rings. The monoisotopic (exact) mass is 303 g/mol. The van der Waals surface area contributed by atoms with Crippen LogP contribution in [0.15, 0.2) is 30.6 Å². The number of carbonyl (C=O) groups is 1. The molecule has 1 aromatic heterocycles. The molecule has 0 saturated carbocycles.